The number of nitro benzene ring substituents is 1. The van der Waals surface area contributed by atoms with E-state index in [1.165, 1.54) is 0 Å². The van der Waals surface area contributed by atoms with Gasteiger partial charge in [0.25, 0.3) is 0 Å². The predicted octanol–water partition coefficient (Wildman–Crippen LogP) is 2.91. The van der Waals surface area contributed by atoms with Gasteiger partial charge in [-0.3, -0.25) is 14.9 Å². The first kappa shape index (κ1) is 16.7. The number of carboxylic acid groups (broad SMARTS) is 1. The molecule has 0 aliphatic carbocycles. The maximum Gasteiger partial charge on any atom is 0.333 e. The lowest BCUT2D eigenvalue weighted by molar-refractivity contribution is -0.385. The summed E-state index contributed by atoms with van der Waals surface area (Å²) in [5.74, 6) is -1.17. The molecule has 7 heteroatoms. The number of nitrogens with zero attached hydrogens (tertiary/aromatic N) is 1. The van der Waals surface area contributed by atoms with Crippen LogP contribution in [0.1, 0.15) is 26.7 Å². The smallest absolute Gasteiger partial charge is 0.333 e. The second-order valence-electron chi connectivity index (χ2n) is 4.71. The molecular weight excluding hydrogens is 276 g/mol. The third-order valence-electron chi connectivity index (χ3n) is 2.96. The Balaban J connectivity index is 2.81. The highest BCUT2D eigenvalue weighted by molar-refractivity contribution is 5.70. The van der Waals surface area contributed by atoms with Crippen LogP contribution in [0.15, 0.2) is 18.2 Å². The summed E-state index contributed by atoms with van der Waals surface area (Å²) >= 11 is 0. The normalized spacial score (nSPS) is 11.7. The van der Waals surface area contributed by atoms with Crippen LogP contribution in [-0.4, -0.2) is 29.2 Å². The highest BCUT2D eigenvalue weighted by atomic mass is 16.6. The molecule has 1 atom stereocenters. The van der Waals surface area contributed by atoms with Crippen LogP contribution in [0.25, 0.3) is 0 Å². The molecule has 0 saturated carbocycles. The first-order valence-corrected chi connectivity index (χ1v) is 6.84. The van der Waals surface area contributed by atoms with Crippen molar-refractivity contribution in [2.75, 3.05) is 18.5 Å². The topological polar surface area (TPSA) is 102 Å². The molecule has 0 bridgehead atoms. The summed E-state index contributed by atoms with van der Waals surface area (Å²) in [5.41, 5.74) is 0.222. The molecular formula is C14H20N2O5. The van der Waals surface area contributed by atoms with Gasteiger partial charge in [-0.25, -0.2) is 0 Å². The summed E-state index contributed by atoms with van der Waals surface area (Å²) in [4.78, 5) is 21.4. The van der Waals surface area contributed by atoms with E-state index in [4.69, 9.17) is 9.84 Å². The third kappa shape index (κ3) is 4.94. The van der Waals surface area contributed by atoms with E-state index in [0.29, 0.717) is 25.3 Å². The van der Waals surface area contributed by atoms with Gasteiger partial charge in [-0.1, -0.05) is 19.9 Å². The van der Waals surface area contributed by atoms with Crippen LogP contribution >= 0.6 is 0 Å². The first-order valence-electron chi connectivity index (χ1n) is 6.84. The Kier molecular flexibility index (Phi) is 6.45. The van der Waals surface area contributed by atoms with E-state index in [-0.39, 0.29) is 11.4 Å². The van der Waals surface area contributed by atoms with Crippen molar-refractivity contribution in [2.24, 2.45) is 5.92 Å². The summed E-state index contributed by atoms with van der Waals surface area (Å²) < 4.78 is 5.38. The number of hydrogen-bond acceptors (Lipinski definition) is 5. The van der Waals surface area contributed by atoms with Gasteiger partial charge < -0.3 is 15.2 Å². The van der Waals surface area contributed by atoms with Crippen molar-refractivity contribution in [1.29, 1.82) is 0 Å². The molecule has 2 N–H and O–H groups in total. The molecule has 1 aromatic rings. The fourth-order valence-corrected chi connectivity index (χ4v) is 1.73. The number of rotatable bonds is 9. The SMILES string of the molecule is CCCOc1cccc(NCCC(C)C(=O)O)c1[N+](=O)[O-]. The predicted molar refractivity (Wildman–Crippen MR) is 78.8 cm³/mol. The average Bonchev–Trinajstić information content (AvgIpc) is 2.44. The number of ether oxygens (including phenoxy) is 1. The molecule has 0 heterocycles. The zero-order valence-corrected chi connectivity index (χ0v) is 12.2. The molecule has 0 radical (unpaired) electrons. The Morgan fingerprint density at radius 2 is 2.24 bits per heavy atom. The maximum absolute atomic E-state index is 11.2. The minimum Gasteiger partial charge on any atom is -0.487 e. The van der Waals surface area contributed by atoms with Crippen molar-refractivity contribution in [3.63, 3.8) is 0 Å². The number of nitro groups is 1. The minimum absolute atomic E-state index is 0.117. The number of para-hydroxylation sites is 1. The molecule has 0 aliphatic rings. The van der Waals surface area contributed by atoms with Crippen LogP contribution in [0.4, 0.5) is 11.4 Å². The molecule has 0 amide bonds. The van der Waals surface area contributed by atoms with Crippen LogP contribution in [0.5, 0.6) is 5.75 Å². The number of carboxylic acids is 1. The lowest BCUT2D eigenvalue weighted by Crippen LogP contribution is -2.15. The van der Waals surface area contributed by atoms with E-state index >= 15 is 0 Å². The monoisotopic (exact) mass is 296 g/mol. The lowest BCUT2D eigenvalue weighted by atomic mass is 10.1. The second-order valence-corrected chi connectivity index (χ2v) is 4.71. The molecule has 116 valence electrons. The van der Waals surface area contributed by atoms with E-state index in [9.17, 15) is 14.9 Å². The Hall–Kier alpha value is -2.31. The summed E-state index contributed by atoms with van der Waals surface area (Å²) in [6.45, 7) is 4.26. The lowest BCUT2D eigenvalue weighted by Gasteiger charge is -2.12. The van der Waals surface area contributed by atoms with Crippen molar-refractivity contribution in [1.82, 2.24) is 0 Å². The minimum atomic E-state index is -0.883. The standard InChI is InChI=1S/C14H20N2O5/c1-3-9-21-12-6-4-5-11(13(12)16(19)20)15-8-7-10(2)14(17)18/h4-6,10,15H,3,7-9H2,1-2H3,(H,17,18). The molecule has 0 aromatic heterocycles. The van der Waals surface area contributed by atoms with Crippen LogP contribution < -0.4 is 10.1 Å². The third-order valence-corrected chi connectivity index (χ3v) is 2.96. The molecule has 21 heavy (non-hydrogen) atoms. The van der Waals surface area contributed by atoms with Crippen LogP contribution in [-0.2, 0) is 4.79 Å². The average molecular weight is 296 g/mol. The fourth-order valence-electron chi connectivity index (χ4n) is 1.73. The molecule has 0 saturated heterocycles. The van der Waals surface area contributed by atoms with Gasteiger partial charge in [0.05, 0.1) is 17.4 Å². The van der Waals surface area contributed by atoms with Gasteiger partial charge in [0.1, 0.15) is 5.69 Å². The van der Waals surface area contributed by atoms with Gasteiger partial charge in [-0.2, -0.15) is 0 Å². The second kappa shape index (κ2) is 8.08. The molecule has 0 spiro atoms. The molecule has 0 aliphatic heterocycles. The van der Waals surface area contributed by atoms with E-state index in [0.717, 1.165) is 6.42 Å². The van der Waals surface area contributed by atoms with E-state index in [1.807, 2.05) is 6.92 Å². The zero-order valence-electron chi connectivity index (χ0n) is 12.2. The highest BCUT2D eigenvalue weighted by Crippen LogP contribution is 2.34. The number of nitrogens with one attached hydrogen (secondary N) is 1. The molecule has 0 fully saturated rings. The largest absolute Gasteiger partial charge is 0.487 e. The fraction of sp³-hybridized carbons (Fsp3) is 0.500. The van der Waals surface area contributed by atoms with Crippen molar-refractivity contribution < 1.29 is 19.6 Å². The van der Waals surface area contributed by atoms with Crippen molar-refractivity contribution >= 4 is 17.3 Å². The number of carbonyl (C=O) groups is 1. The number of aliphatic carboxylic acids is 1. The van der Waals surface area contributed by atoms with Crippen molar-refractivity contribution in [3.05, 3.63) is 28.3 Å². The van der Waals surface area contributed by atoms with Crippen LogP contribution in [0.2, 0.25) is 0 Å². The van der Waals surface area contributed by atoms with E-state index < -0.39 is 16.8 Å². The molecule has 7 nitrogen and oxygen atoms in total. The van der Waals surface area contributed by atoms with Gasteiger partial charge in [-0.15, -0.1) is 0 Å². The van der Waals surface area contributed by atoms with Crippen LogP contribution in [0.3, 0.4) is 0 Å². The van der Waals surface area contributed by atoms with Crippen molar-refractivity contribution in [2.45, 2.75) is 26.7 Å². The summed E-state index contributed by atoms with van der Waals surface area (Å²) in [7, 11) is 0. The maximum atomic E-state index is 11.2. The molecule has 1 aromatic carbocycles. The van der Waals surface area contributed by atoms with Gasteiger partial charge in [0, 0.05) is 6.54 Å². The Bertz CT molecular complexity index is 504. The quantitative estimate of drug-likeness (QED) is 0.536. The molecule has 1 rings (SSSR count). The number of anilines is 1. The summed E-state index contributed by atoms with van der Waals surface area (Å²) in [5, 5.41) is 22.9. The van der Waals surface area contributed by atoms with Gasteiger partial charge in [0.15, 0.2) is 5.75 Å². The van der Waals surface area contributed by atoms with E-state index in [1.54, 1.807) is 25.1 Å². The first-order chi connectivity index (χ1) is 9.97. The van der Waals surface area contributed by atoms with Crippen molar-refractivity contribution in [3.8, 4) is 5.75 Å². The summed E-state index contributed by atoms with van der Waals surface area (Å²) in [6, 6.07) is 4.81. The zero-order chi connectivity index (χ0) is 15.8. The Morgan fingerprint density at radius 1 is 1.52 bits per heavy atom. The Labute approximate surface area is 123 Å². The van der Waals surface area contributed by atoms with Crippen LogP contribution in [0, 0.1) is 16.0 Å². The highest BCUT2D eigenvalue weighted by Gasteiger charge is 2.21. The summed E-state index contributed by atoms with van der Waals surface area (Å²) in [6.07, 6.45) is 1.14. The van der Waals surface area contributed by atoms with Gasteiger partial charge >= 0.3 is 11.7 Å². The molecule has 1 unspecified atom stereocenters. The van der Waals surface area contributed by atoms with E-state index in [2.05, 4.69) is 5.32 Å². The number of benzene rings is 1. The Morgan fingerprint density at radius 3 is 2.81 bits per heavy atom. The van der Waals surface area contributed by atoms with Gasteiger partial charge in [0.2, 0.25) is 0 Å². The number of hydrogen-bond donors (Lipinski definition) is 2. The van der Waals surface area contributed by atoms with Gasteiger partial charge in [-0.05, 0) is 25.0 Å².